The maximum Gasteiger partial charge on any atom is 0.325 e. The number of nitrogens with one attached hydrogen (secondary N) is 1. The summed E-state index contributed by atoms with van der Waals surface area (Å²) in [5.74, 6) is -0.227. The Balaban J connectivity index is 1.87. The molecule has 0 saturated carbocycles. The fraction of sp³-hybridized carbons (Fsp3) is 0.467. The summed E-state index contributed by atoms with van der Waals surface area (Å²) in [6, 6.07) is 7.09. The monoisotopic (exact) mass is 352 g/mol. The Bertz CT molecular complexity index is 586. The molecule has 2 aliphatic heterocycles. The summed E-state index contributed by atoms with van der Waals surface area (Å²) in [5, 5.41) is 2.81. The van der Waals surface area contributed by atoms with Crippen molar-refractivity contribution in [3.63, 3.8) is 0 Å². The van der Waals surface area contributed by atoms with E-state index in [-0.39, 0.29) is 18.0 Å². The molecule has 2 saturated heterocycles. The minimum absolute atomic E-state index is 0.0405. The topological polar surface area (TPSA) is 58.6 Å². The number of carbonyl (C=O) groups is 2. The second kappa shape index (κ2) is 5.42. The molecule has 0 aromatic heterocycles. The zero-order chi connectivity index (χ0) is 15.0. The van der Waals surface area contributed by atoms with Crippen LogP contribution in [0.5, 0.6) is 0 Å². The molecular weight excluding hydrogens is 336 g/mol. The number of urea groups is 1. The second-order valence-electron chi connectivity index (χ2n) is 5.59. The minimum Gasteiger partial charge on any atom is -0.376 e. The van der Waals surface area contributed by atoms with Crippen LogP contribution in [-0.4, -0.2) is 36.1 Å². The predicted molar refractivity (Wildman–Crippen MR) is 80.7 cm³/mol. The lowest BCUT2D eigenvalue weighted by Gasteiger charge is -2.24. The van der Waals surface area contributed by atoms with Gasteiger partial charge in [0, 0.05) is 16.6 Å². The van der Waals surface area contributed by atoms with Crippen molar-refractivity contribution in [1.82, 2.24) is 10.2 Å². The first kappa shape index (κ1) is 14.5. The Hall–Kier alpha value is -1.40. The smallest absolute Gasteiger partial charge is 0.325 e. The van der Waals surface area contributed by atoms with E-state index in [0.29, 0.717) is 13.2 Å². The van der Waals surface area contributed by atoms with Gasteiger partial charge in [-0.15, -0.1) is 0 Å². The van der Waals surface area contributed by atoms with Crippen LogP contribution in [0, 0.1) is 0 Å². The lowest BCUT2D eigenvalue weighted by molar-refractivity contribution is -0.132. The minimum atomic E-state index is -1.03. The Kier molecular flexibility index (Phi) is 3.75. The SMILES string of the molecule is CC1(c2ccccc2Br)NC(=O)N(CC2CCCO2)C1=O. The molecule has 2 aliphatic rings. The Morgan fingerprint density at radius 1 is 1.43 bits per heavy atom. The summed E-state index contributed by atoms with van der Waals surface area (Å²) < 4.78 is 6.33. The van der Waals surface area contributed by atoms with E-state index in [1.807, 2.05) is 24.3 Å². The summed E-state index contributed by atoms with van der Waals surface area (Å²) in [6.07, 6.45) is 1.83. The lowest BCUT2D eigenvalue weighted by Crippen LogP contribution is -2.42. The molecule has 21 heavy (non-hydrogen) atoms. The number of nitrogens with zero attached hydrogens (tertiary/aromatic N) is 1. The Labute approximate surface area is 131 Å². The number of hydrogen-bond donors (Lipinski definition) is 1. The van der Waals surface area contributed by atoms with Crippen molar-refractivity contribution in [1.29, 1.82) is 0 Å². The van der Waals surface area contributed by atoms with E-state index in [0.717, 1.165) is 22.9 Å². The van der Waals surface area contributed by atoms with E-state index in [9.17, 15) is 9.59 Å². The highest BCUT2D eigenvalue weighted by Gasteiger charge is 2.50. The number of rotatable bonds is 3. The molecule has 0 spiro atoms. The maximum atomic E-state index is 12.7. The molecular formula is C15H17BrN2O3. The first-order valence-electron chi connectivity index (χ1n) is 7.03. The number of ether oxygens (including phenoxy) is 1. The van der Waals surface area contributed by atoms with Crippen molar-refractivity contribution in [2.24, 2.45) is 0 Å². The van der Waals surface area contributed by atoms with Crippen LogP contribution in [-0.2, 0) is 15.1 Å². The van der Waals surface area contributed by atoms with Crippen LogP contribution in [0.1, 0.15) is 25.3 Å². The van der Waals surface area contributed by atoms with Crippen molar-refractivity contribution in [2.75, 3.05) is 13.2 Å². The van der Waals surface area contributed by atoms with E-state index < -0.39 is 5.54 Å². The number of halogens is 1. The molecule has 1 aromatic carbocycles. The van der Waals surface area contributed by atoms with Crippen molar-refractivity contribution in [3.8, 4) is 0 Å². The summed E-state index contributed by atoms with van der Waals surface area (Å²) >= 11 is 3.45. The van der Waals surface area contributed by atoms with Crippen molar-refractivity contribution < 1.29 is 14.3 Å². The van der Waals surface area contributed by atoms with E-state index >= 15 is 0 Å². The van der Waals surface area contributed by atoms with Gasteiger partial charge in [-0.1, -0.05) is 34.1 Å². The molecule has 0 bridgehead atoms. The van der Waals surface area contributed by atoms with Gasteiger partial charge in [0.1, 0.15) is 5.54 Å². The van der Waals surface area contributed by atoms with Gasteiger partial charge in [0.05, 0.1) is 12.6 Å². The standard InChI is InChI=1S/C15H17BrN2O3/c1-15(11-6-2-3-7-12(11)16)13(19)18(14(20)17-15)9-10-5-4-8-21-10/h2-3,6-7,10H,4-5,8-9H2,1H3,(H,17,20). The summed E-state index contributed by atoms with van der Waals surface area (Å²) in [4.78, 5) is 26.2. The summed E-state index contributed by atoms with van der Waals surface area (Å²) in [6.45, 7) is 2.77. The van der Waals surface area contributed by atoms with Crippen molar-refractivity contribution >= 4 is 27.9 Å². The third-order valence-corrected chi connectivity index (χ3v) is 4.79. The summed E-state index contributed by atoms with van der Waals surface area (Å²) in [5.41, 5.74) is -0.270. The highest BCUT2D eigenvalue weighted by molar-refractivity contribution is 9.10. The first-order chi connectivity index (χ1) is 10.0. The molecule has 2 atom stereocenters. The van der Waals surface area contributed by atoms with Gasteiger partial charge in [0.15, 0.2) is 0 Å². The highest BCUT2D eigenvalue weighted by Crippen LogP contribution is 2.34. The largest absolute Gasteiger partial charge is 0.376 e. The molecule has 0 aliphatic carbocycles. The average molecular weight is 353 g/mol. The number of amides is 3. The molecule has 1 N–H and O–H groups in total. The molecule has 0 radical (unpaired) electrons. The number of imide groups is 1. The summed E-state index contributed by atoms with van der Waals surface area (Å²) in [7, 11) is 0. The van der Waals surface area contributed by atoms with Crippen LogP contribution < -0.4 is 5.32 Å². The number of carbonyl (C=O) groups excluding carboxylic acids is 2. The molecule has 1 aromatic rings. The van der Waals surface area contributed by atoms with Crippen molar-refractivity contribution in [2.45, 2.75) is 31.4 Å². The van der Waals surface area contributed by atoms with Crippen LogP contribution >= 0.6 is 15.9 Å². The Morgan fingerprint density at radius 3 is 2.86 bits per heavy atom. The normalized spacial score (nSPS) is 29.0. The van der Waals surface area contributed by atoms with Gasteiger partial charge in [-0.25, -0.2) is 4.79 Å². The van der Waals surface area contributed by atoms with Gasteiger partial charge in [0.25, 0.3) is 5.91 Å². The third kappa shape index (κ3) is 2.46. The van der Waals surface area contributed by atoms with E-state index in [4.69, 9.17) is 4.74 Å². The molecule has 2 unspecified atom stereocenters. The van der Waals surface area contributed by atoms with Gasteiger partial charge < -0.3 is 10.1 Å². The van der Waals surface area contributed by atoms with Crippen LogP contribution in [0.25, 0.3) is 0 Å². The fourth-order valence-electron chi connectivity index (χ4n) is 2.90. The number of benzene rings is 1. The average Bonchev–Trinajstić information content (AvgIpc) is 3.03. The Morgan fingerprint density at radius 2 is 2.19 bits per heavy atom. The lowest BCUT2D eigenvalue weighted by atomic mass is 9.92. The first-order valence-corrected chi connectivity index (χ1v) is 7.82. The van der Waals surface area contributed by atoms with Gasteiger partial charge in [-0.05, 0) is 25.8 Å². The molecule has 5 nitrogen and oxygen atoms in total. The molecule has 3 rings (SSSR count). The predicted octanol–water partition coefficient (Wildman–Crippen LogP) is 2.40. The molecule has 3 amide bonds. The van der Waals surface area contributed by atoms with Crippen LogP contribution in [0.4, 0.5) is 4.79 Å². The second-order valence-corrected chi connectivity index (χ2v) is 6.44. The van der Waals surface area contributed by atoms with Gasteiger partial charge in [-0.2, -0.15) is 0 Å². The highest BCUT2D eigenvalue weighted by atomic mass is 79.9. The zero-order valence-corrected chi connectivity index (χ0v) is 13.4. The van der Waals surface area contributed by atoms with Crippen LogP contribution in [0.15, 0.2) is 28.7 Å². The van der Waals surface area contributed by atoms with E-state index in [1.54, 1.807) is 6.92 Å². The van der Waals surface area contributed by atoms with Crippen molar-refractivity contribution in [3.05, 3.63) is 34.3 Å². The van der Waals surface area contributed by atoms with Crippen LogP contribution in [0.3, 0.4) is 0 Å². The quantitative estimate of drug-likeness (QED) is 0.849. The molecule has 2 heterocycles. The zero-order valence-electron chi connectivity index (χ0n) is 11.8. The molecule has 2 fully saturated rings. The molecule has 112 valence electrons. The fourth-order valence-corrected chi connectivity index (χ4v) is 3.59. The van der Waals surface area contributed by atoms with E-state index in [2.05, 4.69) is 21.2 Å². The van der Waals surface area contributed by atoms with Gasteiger partial charge in [0.2, 0.25) is 0 Å². The van der Waals surface area contributed by atoms with Gasteiger partial charge >= 0.3 is 6.03 Å². The maximum absolute atomic E-state index is 12.7. The molecule has 6 heteroatoms. The van der Waals surface area contributed by atoms with Gasteiger partial charge in [-0.3, -0.25) is 9.69 Å². The third-order valence-electron chi connectivity index (χ3n) is 4.10. The number of hydrogen-bond acceptors (Lipinski definition) is 3. The van der Waals surface area contributed by atoms with Crippen LogP contribution in [0.2, 0.25) is 0 Å². The van der Waals surface area contributed by atoms with E-state index in [1.165, 1.54) is 4.90 Å².